The molecular weight excluding hydrogens is 206 g/mol. The van der Waals surface area contributed by atoms with Crippen LogP contribution in [0.25, 0.3) is 0 Å². The van der Waals surface area contributed by atoms with Gasteiger partial charge in [-0.15, -0.1) is 0 Å². The molecule has 0 radical (unpaired) electrons. The summed E-state index contributed by atoms with van der Waals surface area (Å²) < 4.78 is 0. The molecule has 0 atom stereocenters. The van der Waals surface area contributed by atoms with Crippen LogP contribution in [0.2, 0.25) is 0 Å². The minimum atomic E-state index is 0.754. The van der Waals surface area contributed by atoms with Crippen molar-refractivity contribution < 1.29 is 0 Å². The SMILES string of the molecule is CC(C)CN(CCc1ccccc1)CC(C)C. The van der Waals surface area contributed by atoms with Crippen molar-refractivity contribution in [3.05, 3.63) is 35.9 Å². The van der Waals surface area contributed by atoms with Crippen molar-refractivity contribution in [2.24, 2.45) is 11.8 Å². The average Bonchev–Trinajstić information content (AvgIpc) is 2.26. The Kier molecular flexibility index (Phi) is 6.28. The van der Waals surface area contributed by atoms with Gasteiger partial charge in [0.15, 0.2) is 0 Å². The van der Waals surface area contributed by atoms with Crippen LogP contribution in [0.1, 0.15) is 33.3 Å². The largest absolute Gasteiger partial charge is 0.302 e. The Hall–Kier alpha value is -0.820. The van der Waals surface area contributed by atoms with Gasteiger partial charge in [-0.1, -0.05) is 58.0 Å². The summed E-state index contributed by atoms with van der Waals surface area (Å²) in [5, 5.41) is 0. The van der Waals surface area contributed by atoms with E-state index in [0.717, 1.165) is 11.8 Å². The molecule has 17 heavy (non-hydrogen) atoms. The molecule has 0 aliphatic carbocycles. The molecule has 0 aliphatic heterocycles. The predicted octanol–water partition coefficient (Wildman–Crippen LogP) is 3.84. The first-order chi connectivity index (χ1) is 8.08. The Labute approximate surface area is 107 Å². The summed E-state index contributed by atoms with van der Waals surface area (Å²) in [4.78, 5) is 2.60. The number of benzene rings is 1. The maximum absolute atomic E-state index is 2.60. The van der Waals surface area contributed by atoms with Gasteiger partial charge in [0.2, 0.25) is 0 Å². The van der Waals surface area contributed by atoms with Gasteiger partial charge >= 0.3 is 0 Å². The van der Waals surface area contributed by atoms with E-state index in [2.05, 4.69) is 62.9 Å². The van der Waals surface area contributed by atoms with E-state index in [1.807, 2.05) is 0 Å². The highest BCUT2D eigenvalue weighted by Gasteiger charge is 2.09. The van der Waals surface area contributed by atoms with Crippen molar-refractivity contribution in [3.63, 3.8) is 0 Å². The van der Waals surface area contributed by atoms with Gasteiger partial charge in [-0.3, -0.25) is 0 Å². The lowest BCUT2D eigenvalue weighted by Crippen LogP contribution is -2.33. The number of nitrogens with zero attached hydrogens (tertiary/aromatic N) is 1. The third-order valence-corrected chi connectivity index (χ3v) is 2.81. The van der Waals surface area contributed by atoms with Gasteiger partial charge in [-0.2, -0.15) is 0 Å². The zero-order chi connectivity index (χ0) is 12.7. The third kappa shape index (κ3) is 6.48. The number of hydrogen-bond donors (Lipinski definition) is 0. The lowest BCUT2D eigenvalue weighted by Gasteiger charge is -2.26. The van der Waals surface area contributed by atoms with E-state index in [4.69, 9.17) is 0 Å². The molecule has 0 N–H and O–H groups in total. The maximum atomic E-state index is 2.60. The fourth-order valence-corrected chi connectivity index (χ4v) is 2.22. The third-order valence-electron chi connectivity index (χ3n) is 2.81. The van der Waals surface area contributed by atoms with Crippen LogP contribution in [0.15, 0.2) is 30.3 Å². The van der Waals surface area contributed by atoms with E-state index in [1.54, 1.807) is 0 Å². The van der Waals surface area contributed by atoms with Crippen LogP contribution in [0.4, 0.5) is 0 Å². The summed E-state index contributed by atoms with van der Waals surface area (Å²) in [5.41, 5.74) is 1.45. The lowest BCUT2D eigenvalue weighted by molar-refractivity contribution is 0.222. The zero-order valence-corrected chi connectivity index (χ0v) is 11.8. The molecule has 1 aromatic carbocycles. The molecule has 1 rings (SSSR count). The van der Waals surface area contributed by atoms with Gasteiger partial charge in [-0.25, -0.2) is 0 Å². The Bertz CT molecular complexity index is 280. The van der Waals surface area contributed by atoms with Crippen LogP contribution in [0.5, 0.6) is 0 Å². The normalized spacial score (nSPS) is 11.7. The van der Waals surface area contributed by atoms with E-state index < -0.39 is 0 Å². The molecule has 1 heteroatoms. The van der Waals surface area contributed by atoms with E-state index in [0.29, 0.717) is 0 Å². The van der Waals surface area contributed by atoms with Crippen LogP contribution < -0.4 is 0 Å². The Balaban J connectivity index is 2.43. The molecule has 1 nitrogen and oxygen atoms in total. The first-order valence-electron chi connectivity index (χ1n) is 6.84. The highest BCUT2D eigenvalue weighted by Crippen LogP contribution is 2.06. The second kappa shape index (κ2) is 7.50. The van der Waals surface area contributed by atoms with E-state index >= 15 is 0 Å². The summed E-state index contributed by atoms with van der Waals surface area (Å²) >= 11 is 0. The van der Waals surface area contributed by atoms with Gasteiger partial charge in [-0.05, 0) is 23.8 Å². The van der Waals surface area contributed by atoms with Crippen LogP contribution in [0, 0.1) is 11.8 Å². The zero-order valence-electron chi connectivity index (χ0n) is 11.8. The van der Waals surface area contributed by atoms with Gasteiger partial charge in [0, 0.05) is 19.6 Å². The highest BCUT2D eigenvalue weighted by molar-refractivity contribution is 5.14. The van der Waals surface area contributed by atoms with Crippen LogP contribution in [0.3, 0.4) is 0 Å². The number of hydrogen-bond acceptors (Lipinski definition) is 1. The smallest absolute Gasteiger partial charge is 0.00220 e. The fraction of sp³-hybridized carbons (Fsp3) is 0.625. The summed E-state index contributed by atoms with van der Waals surface area (Å²) in [6.45, 7) is 12.8. The van der Waals surface area contributed by atoms with Crippen LogP contribution in [-0.2, 0) is 6.42 Å². The minimum Gasteiger partial charge on any atom is -0.302 e. The molecule has 0 unspecified atom stereocenters. The van der Waals surface area contributed by atoms with Crippen molar-refractivity contribution in [3.8, 4) is 0 Å². The van der Waals surface area contributed by atoms with Gasteiger partial charge in [0.1, 0.15) is 0 Å². The average molecular weight is 233 g/mol. The molecular formula is C16H27N. The van der Waals surface area contributed by atoms with Crippen LogP contribution >= 0.6 is 0 Å². The summed E-state index contributed by atoms with van der Waals surface area (Å²) in [5.74, 6) is 1.51. The minimum absolute atomic E-state index is 0.754. The maximum Gasteiger partial charge on any atom is 0.00220 e. The topological polar surface area (TPSA) is 3.24 Å². The first-order valence-corrected chi connectivity index (χ1v) is 6.84. The van der Waals surface area contributed by atoms with Gasteiger partial charge < -0.3 is 4.90 Å². The molecule has 0 fully saturated rings. The second-order valence-corrected chi connectivity index (χ2v) is 5.78. The molecule has 1 aromatic rings. The molecule has 96 valence electrons. The molecule has 0 bridgehead atoms. The highest BCUT2D eigenvalue weighted by atomic mass is 15.1. The molecule has 0 saturated heterocycles. The summed E-state index contributed by atoms with van der Waals surface area (Å²) in [6.07, 6.45) is 1.17. The van der Waals surface area contributed by atoms with Crippen molar-refractivity contribution in [2.75, 3.05) is 19.6 Å². The standard InChI is InChI=1S/C16H27N/c1-14(2)12-17(13-15(3)4)11-10-16-8-6-5-7-9-16/h5-9,14-15H,10-13H2,1-4H3. The Morgan fingerprint density at radius 2 is 1.41 bits per heavy atom. The van der Waals surface area contributed by atoms with Crippen molar-refractivity contribution in [2.45, 2.75) is 34.1 Å². The van der Waals surface area contributed by atoms with E-state index in [-0.39, 0.29) is 0 Å². The predicted molar refractivity (Wildman–Crippen MR) is 76.3 cm³/mol. The lowest BCUT2D eigenvalue weighted by atomic mass is 10.1. The quantitative estimate of drug-likeness (QED) is 0.691. The Morgan fingerprint density at radius 3 is 1.88 bits per heavy atom. The van der Waals surface area contributed by atoms with Crippen LogP contribution in [-0.4, -0.2) is 24.5 Å². The van der Waals surface area contributed by atoms with Crippen molar-refractivity contribution >= 4 is 0 Å². The number of rotatable bonds is 7. The van der Waals surface area contributed by atoms with Crippen molar-refractivity contribution in [1.29, 1.82) is 0 Å². The molecule has 0 aliphatic rings. The molecule has 0 amide bonds. The summed E-state index contributed by atoms with van der Waals surface area (Å²) in [6, 6.07) is 10.8. The van der Waals surface area contributed by atoms with E-state index in [1.165, 1.54) is 31.6 Å². The molecule has 0 heterocycles. The van der Waals surface area contributed by atoms with Gasteiger partial charge in [0.05, 0.1) is 0 Å². The fourth-order valence-electron chi connectivity index (χ4n) is 2.22. The first kappa shape index (κ1) is 14.2. The molecule has 0 saturated carbocycles. The van der Waals surface area contributed by atoms with E-state index in [9.17, 15) is 0 Å². The van der Waals surface area contributed by atoms with Crippen molar-refractivity contribution in [1.82, 2.24) is 4.90 Å². The summed E-state index contributed by atoms with van der Waals surface area (Å²) in [7, 11) is 0. The Morgan fingerprint density at radius 1 is 0.882 bits per heavy atom. The molecule has 0 aromatic heterocycles. The monoisotopic (exact) mass is 233 g/mol. The van der Waals surface area contributed by atoms with Gasteiger partial charge in [0.25, 0.3) is 0 Å². The second-order valence-electron chi connectivity index (χ2n) is 5.78. The molecule has 0 spiro atoms.